The molecule has 0 bridgehead atoms. The van der Waals surface area contributed by atoms with E-state index in [1.165, 1.54) is 6.07 Å². The third kappa shape index (κ3) is 8.73. The topological polar surface area (TPSA) is 109 Å². The number of hydrogen-bond acceptors (Lipinski definition) is 6. The van der Waals surface area contributed by atoms with Gasteiger partial charge in [-0.2, -0.15) is 37.2 Å². The molecule has 154 valence electrons. The van der Waals surface area contributed by atoms with E-state index in [1.54, 1.807) is 35.7 Å². The fourth-order valence-electron chi connectivity index (χ4n) is 1.93. The number of sulfonamides is 1. The first-order valence-corrected chi connectivity index (χ1v) is 9.64. The summed E-state index contributed by atoms with van der Waals surface area (Å²) in [4.78, 5) is 0. The zero-order valence-corrected chi connectivity index (χ0v) is 16.4. The van der Waals surface area contributed by atoms with Crippen molar-refractivity contribution in [1.29, 1.82) is 10.5 Å². The second kappa shape index (κ2) is 11.8. The van der Waals surface area contributed by atoms with E-state index in [1.807, 2.05) is 12.1 Å². The number of rotatable bonds is 8. The van der Waals surface area contributed by atoms with Crippen LogP contribution in [0.5, 0.6) is 0 Å². The molecular weight excluding hydrogens is 395 g/mol. The maximum Gasteiger partial charge on any atom is 0.516 e. The molecule has 0 fully saturated rings. The van der Waals surface area contributed by atoms with Crippen molar-refractivity contribution >= 4 is 22.4 Å². The lowest BCUT2D eigenvalue weighted by Gasteiger charge is -2.13. The molecule has 0 heterocycles. The van der Waals surface area contributed by atoms with Crippen molar-refractivity contribution in [3.05, 3.63) is 29.3 Å². The minimum absolute atomic E-state index is 0.0320. The van der Waals surface area contributed by atoms with Crippen LogP contribution in [-0.2, 0) is 16.4 Å². The van der Waals surface area contributed by atoms with Gasteiger partial charge in [-0.1, -0.05) is 24.6 Å². The minimum Gasteiger partial charge on any atom is -0.296 e. The summed E-state index contributed by atoms with van der Waals surface area (Å²) in [6, 6.07) is 8.52. The van der Waals surface area contributed by atoms with Crippen molar-refractivity contribution in [1.82, 2.24) is 5.01 Å². The van der Waals surface area contributed by atoms with Crippen LogP contribution in [0.4, 0.5) is 18.9 Å². The van der Waals surface area contributed by atoms with Crippen molar-refractivity contribution in [3.8, 4) is 12.1 Å². The van der Waals surface area contributed by atoms with Gasteiger partial charge in [-0.25, -0.2) is 0 Å². The fourth-order valence-corrected chi connectivity index (χ4v) is 2.53. The molecule has 1 aromatic carbocycles. The van der Waals surface area contributed by atoms with Gasteiger partial charge in [0.1, 0.15) is 0 Å². The van der Waals surface area contributed by atoms with Gasteiger partial charge in [0.05, 0.1) is 30.7 Å². The molecule has 28 heavy (non-hydrogen) atoms. The van der Waals surface area contributed by atoms with Crippen LogP contribution in [-0.4, -0.2) is 38.7 Å². The Labute approximate surface area is 163 Å². The maximum atomic E-state index is 12.2. The number of nitriles is 2. The van der Waals surface area contributed by atoms with Gasteiger partial charge in [-0.15, -0.1) is 0 Å². The molecule has 0 unspecified atom stereocenters. The third-order valence-electron chi connectivity index (χ3n) is 3.35. The lowest BCUT2D eigenvalue weighted by molar-refractivity contribution is -0.0429. The molecule has 0 amide bonds. The molecule has 0 aromatic heterocycles. The predicted octanol–water partition coefficient (Wildman–Crippen LogP) is 3.55. The normalized spacial score (nSPS) is 10.7. The molecule has 0 aliphatic heterocycles. The van der Waals surface area contributed by atoms with Crippen LogP contribution in [0.25, 0.3) is 0 Å². The van der Waals surface area contributed by atoms with E-state index < -0.39 is 15.5 Å². The van der Waals surface area contributed by atoms with Crippen molar-refractivity contribution < 1.29 is 21.6 Å². The summed E-state index contributed by atoms with van der Waals surface area (Å²) in [6.07, 6.45) is 1.28. The number of aryl methyl sites for hydroxylation is 2. The van der Waals surface area contributed by atoms with Crippen LogP contribution in [0.1, 0.15) is 30.9 Å². The van der Waals surface area contributed by atoms with Gasteiger partial charge >= 0.3 is 15.5 Å². The van der Waals surface area contributed by atoms with Gasteiger partial charge in [-0.05, 0) is 25.0 Å². The first kappa shape index (κ1) is 25.2. The summed E-state index contributed by atoms with van der Waals surface area (Å²) < 4.78 is 60.0. The van der Waals surface area contributed by atoms with E-state index >= 15 is 0 Å². The van der Waals surface area contributed by atoms with Crippen LogP contribution in [0.2, 0.25) is 0 Å². The number of halogens is 3. The lowest BCUT2D eigenvalue weighted by Crippen LogP contribution is -2.30. The Morgan fingerprint density at radius 3 is 2.14 bits per heavy atom. The quantitative estimate of drug-likeness (QED) is 0.514. The lowest BCUT2D eigenvalue weighted by atomic mass is 10.1. The highest BCUT2D eigenvalue weighted by atomic mass is 32.2. The first-order valence-electron chi connectivity index (χ1n) is 8.16. The SMILES string of the molecule is C=NN(CCC#N)CCC#N.CCc1cc(C)ccc1NS(=O)(=O)C(F)(F)F. The number of nitrogens with one attached hydrogen (secondary N) is 1. The fraction of sp³-hybridized carbons (Fsp3) is 0.471. The first-order chi connectivity index (χ1) is 13.0. The standard InChI is InChI=1S/C10H12F3NO2S.C7H10N4/c1-3-8-6-7(2)4-5-9(8)14-17(15,16)10(11,12)13;1-10-11(6-2-4-8)7-3-5-9/h4-6,14H,3H2,1-2H3;1-3,6-7H2. The molecule has 1 aromatic rings. The van der Waals surface area contributed by atoms with Gasteiger partial charge in [-0.3, -0.25) is 9.73 Å². The molecule has 0 saturated heterocycles. The van der Waals surface area contributed by atoms with Crippen molar-refractivity contribution in [2.24, 2.45) is 5.10 Å². The van der Waals surface area contributed by atoms with E-state index in [-0.39, 0.29) is 5.69 Å². The smallest absolute Gasteiger partial charge is 0.296 e. The molecule has 0 aliphatic rings. The molecule has 11 heteroatoms. The van der Waals surface area contributed by atoms with E-state index in [0.29, 0.717) is 37.9 Å². The van der Waals surface area contributed by atoms with E-state index in [2.05, 4.69) is 11.8 Å². The average molecular weight is 417 g/mol. The molecule has 0 saturated carbocycles. The zero-order valence-electron chi connectivity index (χ0n) is 15.6. The molecule has 0 aliphatic carbocycles. The van der Waals surface area contributed by atoms with Crippen molar-refractivity contribution in [3.63, 3.8) is 0 Å². The molecular formula is C17H22F3N5O2S. The van der Waals surface area contributed by atoms with Crippen molar-refractivity contribution in [2.75, 3.05) is 17.8 Å². The molecule has 0 spiro atoms. The third-order valence-corrected chi connectivity index (χ3v) is 4.45. The van der Waals surface area contributed by atoms with Gasteiger partial charge in [0, 0.05) is 19.8 Å². The van der Waals surface area contributed by atoms with Crippen LogP contribution in [0, 0.1) is 29.6 Å². The van der Waals surface area contributed by atoms with Crippen LogP contribution < -0.4 is 4.72 Å². The number of nitrogens with zero attached hydrogens (tertiary/aromatic N) is 4. The second-order valence-electron chi connectivity index (χ2n) is 5.48. The minimum atomic E-state index is -5.35. The number of benzene rings is 1. The number of anilines is 1. The van der Waals surface area contributed by atoms with Crippen LogP contribution in [0.3, 0.4) is 0 Å². The molecule has 1 rings (SSSR count). The summed E-state index contributed by atoms with van der Waals surface area (Å²) in [7, 11) is -5.35. The second-order valence-corrected chi connectivity index (χ2v) is 7.15. The van der Waals surface area contributed by atoms with E-state index in [0.717, 1.165) is 5.56 Å². The Morgan fingerprint density at radius 1 is 1.21 bits per heavy atom. The molecule has 0 radical (unpaired) electrons. The summed E-state index contributed by atoms with van der Waals surface area (Å²) in [5.74, 6) is 0. The summed E-state index contributed by atoms with van der Waals surface area (Å²) in [5, 5.41) is 21.7. The zero-order chi connectivity index (χ0) is 21.8. The van der Waals surface area contributed by atoms with Crippen LogP contribution in [0.15, 0.2) is 23.3 Å². The van der Waals surface area contributed by atoms with Crippen molar-refractivity contribution in [2.45, 2.75) is 38.6 Å². The Hall–Kier alpha value is -2.79. The molecule has 7 nitrogen and oxygen atoms in total. The Bertz CT molecular complexity index is 809. The number of hydrazone groups is 1. The maximum absolute atomic E-state index is 12.2. The average Bonchev–Trinajstić information content (AvgIpc) is 2.63. The summed E-state index contributed by atoms with van der Waals surface area (Å²) in [5.41, 5.74) is -3.95. The number of hydrogen-bond donors (Lipinski definition) is 1. The highest BCUT2D eigenvalue weighted by molar-refractivity contribution is 7.93. The van der Waals surface area contributed by atoms with E-state index in [9.17, 15) is 21.6 Å². The Morgan fingerprint density at radius 2 is 1.75 bits per heavy atom. The van der Waals surface area contributed by atoms with E-state index in [4.69, 9.17) is 10.5 Å². The Balaban J connectivity index is 0.000000576. The summed E-state index contributed by atoms with van der Waals surface area (Å²) >= 11 is 0. The van der Waals surface area contributed by atoms with Gasteiger partial charge in [0.15, 0.2) is 0 Å². The van der Waals surface area contributed by atoms with Gasteiger partial charge in [0.2, 0.25) is 0 Å². The highest BCUT2D eigenvalue weighted by Gasteiger charge is 2.46. The monoisotopic (exact) mass is 417 g/mol. The highest BCUT2D eigenvalue weighted by Crippen LogP contribution is 2.27. The van der Waals surface area contributed by atoms with Gasteiger partial charge < -0.3 is 0 Å². The largest absolute Gasteiger partial charge is 0.516 e. The Kier molecular flexibility index (Phi) is 10.6. The predicted molar refractivity (Wildman–Crippen MR) is 101 cm³/mol. The van der Waals surface area contributed by atoms with Gasteiger partial charge in [0.25, 0.3) is 0 Å². The number of alkyl halides is 3. The molecule has 1 N–H and O–H groups in total. The molecule has 0 atom stereocenters. The van der Waals surface area contributed by atoms with Crippen LogP contribution >= 0.6 is 0 Å². The summed E-state index contributed by atoms with van der Waals surface area (Å²) in [6.45, 7) is 7.95.